The summed E-state index contributed by atoms with van der Waals surface area (Å²) in [5.41, 5.74) is -2.99. The zero-order chi connectivity index (χ0) is 36.2. The summed E-state index contributed by atoms with van der Waals surface area (Å²) in [6.45, 7) is 5.52. The summed E-state index contributed by atoms with van der Waals surface area (Å²) in [5, 5.41) is 9.29. The maximum Gasteiger partial charge on any atom is 0.416 e. The van der Waals surface area contributed by atoms with Gasteiger partial charge in [-0.2, -0.15) is 26.3 Å². The van der Waals surface area contributed by atoms with Crippen LogP contribution in [0.3, 0.4) is 0 Å². The summed E-state index contributed by atoms with van der Waals surface area (Å²) in [4.78, 5) is 28.6. The molecule has 4 aromatic rings. The summed E-state index contributed by atoms with van der Waals surface area (Å²) in [6, 6.07) is 15.1. The van der Waals surface area contributed by atoms with E-state index >= 15 is 0 Å². The van der Waals surface area contributed by atoms with Gasteiger partial charge in [-0.1, -0.05) is 42.5 Å². The molecular formula is C38H34F6N4O3. The van der Waals surface area contributed by atoms with Gasteiger partial charge in [-0.3, -0.25) is 14.5 Å². The summed E-state index contributed by atoms with van der Waals surface area (Å²) in [5.74, 6) is 1.14. The van der Waals surface area contributed by atoms with E-state index in [9.17, 15) is 35.9 Å². The van der Waals surface area contributed by atoms with Crippen LogP contribution in [0.2, 0.25) is 0 Å². The van der Waals surface area contributed by atoms with Gasteiger partial charge in [0.1, 0.15) is 17.1 Å². The number of ether oxygens (including phenoxy) is 1. The van der Waals surface area contributed by atoms with Crippen LogP contribution in [0.15, 0.2) is 95.1 Å². The molecule has 4 aliphatic rings. The van der Waals surface area contributed by atoms with Crippen LogP contribution in [0.5, 0.6) is 5.75 Å². The fourth-order valence-electron chi connectivity index (χ4n) is 7.69. The molecule has 0 aromatic heterocycles. The Morgan fingerprint density at radius 3 is 2.24 bits per heavy atom. The van der Waals surface area contributed by atoms with Crippen LogP contribution in [0.4, 0.5) is 49.1 Å². The zero-order valence-corrected chi connectivity index (χ0v) is 27.4. The van der Waals surface area contributed by atoms with E-state index in [-0.39, 0.29) is 29.8 Å². The summed E-state index contributed by atoms with van der Waals surface area (Å²) in [7, 11) is 1.55. The van der Waals surface area contributed by atoms with Crippen molar-refractivity contribution in [2.24, 2.45) is 11.8 Å². The van der Waals surface area contributed by atoms with Crippen molar-refractivity contribution in [3.8, 4) is 5.75 Å². The van der Waals surface area contributed by atoms with Crippen molar-refractivity contribution in [3.05, 3.63) is 128 Å². The standard InChI is InChI=1S/C38H34F6N4O3/c1-3-20-19-48-12-11-22(20)13-31(48)32(28-18-30(21-7-5-4-6-8-21)46-29-10-9-26(51-2)17-27(28)29)47-34-33(35(49)36(34)50)45-25-15-23(37(39,40)41)14-24(16-25)38(42,43)44/h3-10,14-18,20,22,30-32,45-47H,1,11-13,19H2,2H3/t20?,22?,30?,31?,32-/m0/s1. The minimum atomic E-state index is -5.10. The number of nitrogens with one attached hydrogen (secondary N) is 3. The molecule has 0 saturated carbocycles. The zero-order valence-electron chi connectivity index (χ0n) is 27.4. The molecule has 3 saturated heterocycles. The second-order valence-corrected chi connectivity index (χ2v) is 13.3. The lowest BCUT2D eigenvalue weighted by molar-refractivity contribution is -0.143. The monoisotopic (exact) mass is 708 g/mol. The molecule has 5 unspecified atom stereocenters. The Balaban J connectivity index is 1.34. The van der Waals surface area contributed by atoms with E-state index in [4.69, 9.17) is 4.74 Å². The van der Waals surface area contributed by atoms with Gasteiger partial charge in [0.05, 0.1) is 30.3 Å². The minimum absolute atomic E-state index is 0.00400. The molecule has 8 rings (SSSR count). The lowest BCUT2D eigenvalue weighted by Gasteiger charge is -2.52. The van der Waals surface area contributed by atoms with E-state index in [2.05, 4.69) is 27.4 Å². The minimum Gasteiger partial charge on any atom is -0.497 e. The van der Waals surface area contributed by atoms with Crippen LogP contribution in [0.1, 0.15) is 41.1 Å². The van der Waals surface area contributed by atoms with Gasteiger partial charge in [0.25, 0.3) is 10.9 Å². The Morgan fingerprint density at radius 2 is 1.63 bits per heavy atom. The summed E-state index contributed by atoms with van der Waals surface area (Å²) in [6.07, 6.45) is -4.53. The molecule has 4 aliphatic heterocycles. The van der Waals surface area contributed by atoms with Crippen LogP contribution in [0.25, 0.3) is 5.57 Å². The Hall–Kier alpha value is -5.04. The number of piperidine rings is 3. The molecule has 4 heterocycles. The van der Waals surface area contributed by atoms with Crippen molar-refractivity contribution < 1.29 is 31.1 Å². The highest BCUT2D eigenvalue weighted by Gasteiger charge is 2.45. The maximum atomic E-state index is 13.7. The number of alkyl halides is 6. The smallest absolute Gasteiger partial charge is 0.416 e. The van der Waals surface area contributed by atoms with E-state index < -0.39 is 51.8 Å². The molecule has 266 valence electrons. The normalized spacial score (nSPS) is 23.5. The van der Waals surface area contributed by atoms with Gasteiger partial charge in [0, 0.05) is 29.5 Å². The highest BCUT2D eigenvalue weighted by Crippen LogP contribution is 2.46. The molecule has 7 nitrogen and oxygen atoms in total. The average molecular weight is 709 g/mol. The first kappa shape index (κ1) is 34.4. The SMILES string of the molecule is C=CC1CN2CCC1CC2[C@@H](Nc1c(Nc2cc(C(F)(F)F)cc(C(F)(F)F)c2)c(=O)c1=O)C1=CC(c2ccccc2)Nc2ccc(OC)cc21. The maximum absolute atomic E-state index is 13.7. The Morgan fingerprint density at radius 1 is 0.941 bits per heavy atom. The van der Waals surface area contributed by atoms with E-state index in [1.807, 2.05) is 60.7 Å². The van der Waals surface area contributed by atoms with Crippen molar-refractivity contribution >= 4 is 28.3 Å². The molecule has 6 atom stereocenters. The van der Waals surface area contributed by atoms with E-state index in [0.717, 1.165) is 48.3 Å². The lowest BCUT2D eigenvalue weighted by Crippen LogP contribution is -2.59. The number of halogens is 6. The van der Waals surface area contributed by atoms with Crippen molar-refractivity contribution in [3.63, 3.8) is 0 Å². The second-order valence-electron chi connectivity index (χ2n) is 13.3. The quantitative estimate of drug-likeness (QED) is 0.0924. The predicted octanol–water partition coefficient (Wildman–Crippen LogP) is 8.00. The number of fused-ring (bicyclic) bond motifs is 4. The number of hydrogen-bond donors (Lipinski definition) is 3. The molecule has 4 aromatic carbocycles. The van der Waals surface area contributed by atoms with Gasteiger partial charge >= 0.3 is 12.4 Å². The molecule has 2 bridgehead atoms. The number of anilines is 4. The molecule has 0 amide bonds. The first-order chi connectivity index (χ1) is 24.2. The van der Waals surface area contributed by atoms with Crippen LogP contribution in [-0.4, -0.2) is 37.2 Å². The Bertz CT molecular complexity index is 2040. The van der Waals surface area contributed by atoms with E-state index in [1.54, 1.807) is 7.11 Å². The lowest BCUT2D eigenvalue weighted by atomic mass is 9.72. The third-order valence-corrected chi connectivity index (χ3v) is 10.3. The van der Waals surface area contributed by atoms with Crippen molar-refractivity contribution in [2.75, 3.05) is 36.1 Å². The van der Waals surface area contributed by atoms with Crippen molar-refractivity contribution in [2.45, 2.75) is 43.3 Å². The van der Waals surface area contributed by atoms with Gasteiger partial charge in [0.2, 0.25) is 0 Å². The molecule has 0 aliphatic carbocycles. The van der Waals surface area contributed by atoms with Gasteiger partial charge in [-0.05, 0) is 78.8 Å². The van der Waals surface area contributed by atoms with Crippen LogP contribution in [0, 0.1) is 11.8 Å². The predicted molar refractivity (Wildman–Crippen MR) is 184 cm³/mol. The van der Waals surface area contributed by atoms with Crippen LogP contribution in [-0.2, 0) is 12.4 Å². The Labute approximate surface area is 289 Å². The summed E-state index contributed by atoms with van der Waals surface area (Å²) >= 11 is 0. The highest BCUT2D eigenvalue weighted by molar-refractivity contribution is 5.88. The molecule has 51 heavy (non-hydrogen) atoms. The fourth-order valence-corrected chi connectivity index (χ4v) is 7.69. The van der Waals surface area contributed by atoms with Gasteiger partial charge in [-0.25, -0.2) is 0 Å². The topological polar surface area (TPSA) is 82.7 Å². The van der Waals surface area contributed by atoms with Crippen molar-refractivity contribution in [1.29, 1.82) is 0 Å². The molecule has 3 fully saturated rings. The third-order valence-electron chi connectivity index (χ3n) is 10.3. The molecule has 3 N–H and O–H groups in total. The summed E-state index contributed by atoms with van der Waals surface area (Å²) < 4.78 is 87.5. The third kappa shape index (κ3) is 6.50. The van der Waals surface area contributed by atoms with Gasteiger partial charge in [-0.15, -0.1) is 6.58 Å². The van der Waals surface area contributed by atoms with Crippen molar-refractivity contribution in [1.82, 2.24) is 4.90 Å². The Kier molecular flexibility index (Phi) is 8.73. The first-order valence-corrected chi connectivity index (χ1v) is 16.5. The van der Waals surface area contributed by atoms with Gasteiger partial charge < -0.3 is 20.7 Å². The molecule has 0 spiro atoms. The van der Waals surface area contributed by atoms with E-state index in [0.29, 0.717) is 23.8 Å². The number of rotatable bonds is 9. The fraction of sp³-hybridized carbons (Fsp3) is 0.316. The van der Waals surface area contributed by atoms with Crippen LogP contribution >= 0.6 is 0 Å². The number of nitrogens with zero attached hydrogens (tertiary/aromatic N) is 1. The molecular weight excluding hydrogens is 674 g/mol. The second kappa shape index (κ2) is 12.9. The average Bonchev–Trinajstić information content (AvgIpc) is 3.13. The van der Waals surface area contributed by atoms with Gasteiger partial charge in [0.15, 0.2) is 0 Å². The largest absolute Gasteiger partial charge is 0.497 e. The number of hydrogen-bond acceptors (Lipinski definition) is 7. The number of methoxy groups -OCH3 is 1. The van der Waals surface area contributed by atoms with Crippen LogP contribution < -0.4 is 31.5 Å². The highest BCUT2D eigenvalue weighted by atomic mass is 19.4. The van der Waals surface area contributed by atoms with E-state index in [1.165, 1.54) is 0 Å². The molecule has 0 radical (unpaired) electrons. The molecule has 13 heteroatoms. The first-order valence-electron chi connectivity index (χ1n) is 16.5. The number of benzene rings is 3.